The van der Waals surface area contributed by atoms with E-state index in [-0.39, 0.29) is 10.7 Å². The Morgan fingerprint density at radius 1 is 0.952 bits per heavy atom. The smallest absolute Gasteiger partial charge is 0.249 e. The number of carbonyl (C=O) groups excluding carboxylic acids is 1. The molecule has 21 heavy (non-hydrogen) atoms. The molecule has 2 rings (SSSR count). The van der Waals surface area contributed by atoms with Gasteiger partial charge in [-0.05, 0) is 55.4 Å². The van der Waals surface area contributed by atoms with Crippen molar-refractivity contribution in [2.45, 2.75) is 54.5 Å². The van der Waals surface area contributed by atoms with E-state index in [1.54, 1.807) is 0 Å². The van der Waals surface area contributed by atoms with E-state index in [0.29, 0.717) is 11.1 Å². The fourth-order valence-corrected chi connectivity index (χ4v) is 3.59. The van der Waals surface area contributed by atoms with Crippen molar-refractivity contribution in [2.75, 3.05) is 0 Å². The molecule has 0 fully saturated rings. The highest BCUT2D eigenvalue weighted by molar-refractivity contribution is 6.05. The van der Waals surface area contributed by atoms with Crippen molar-refractivity contribution in [1.29, 1.82) is 0 Å². The van der Waals surface area contributed by atoms with E-state index < -0.39 is 17.4 Å². The van der Waals surface area contributed by atoms with Crippen LogP contribution in [0.4, 0.5) is 0 Å². The molecule has 0 radical (unpaired) electrons. The number of nitrogens with zero attached hydrogens (tertiary/aromatic N) is 1. The molecule has 0 unspecified atom stereocenters. The zero-order chi connectivity index (χ0) is 16.3. The Balaban J connectivity index is 2.87. The number of nitro groups is 1. The van der Waals surface area contributed by atoms with E-state index in [0.717, 1.165) is 22.3 Å². The Morgan fingerprint density at radius 2 is 1.43 bits per heavy atom. The summed E-state index contributed by atoms with van der Waals surface area (Å²) in [5.41, 5.74) is 4.72. The third kappa shape index (κ3) is 2.08. The highest BCUT2D eigenvalue weighted by Crippen LogP contribution is 2.50. The minimum Gasteiger partial charge on any atom is -0.294 e. The van der Waals surface area contributed by atoms with Crippen molar-refractivity contribution in [3.63, 3.8) is 0 Å². The van der Waals surface area contributed by atoms with E-state index in [1.807, 2.05) is 48.5 Å². The molecule has 0 aliphatic heterocycles. The van der Waals surface area contributed by atoms with Crippen molar-refractivity contribution in [3.8, 4) is 0 Å². The number of ketones is 1. The Kier molecular flexibility index (Phi) is 3.47. The van der Waals surface area contributed by atoms with E-state index in [4.69, 9.17) is 0 Å². The second-order valence-corrected chi connectivity index (χ2v) is 7.23. The minimum absolute atomic E-state index is 0.0668. The molecule has 0 saturated heterocycles. The maximum atomic E-state index is 12.9. The van der Waals surface area contributed by atoms with Gasteiger partial charge in [-0.1, -0.05) is 20.8 Å². The monoisotopic (exact) mass is 289 g/mol. The van der Waals surface area contributed by atoms with Gasteiger partial charge in [0.15, 0.2) is 5.78 Å². The summed E-state index contributed by atoms with van der Waals surface area (Å²) in [6, 6.07) is -0.925. The quantitative estimate of drug-likeness (QED) is 0.577. The van der Waals surface area contributed by atoms with E-state index in [1.165, 1.54) is 0 Å². The summed E-state index contributed by atoms with van der Waals surface area (Å²) in [5, 5.41) is 11.7. The van der Waals surface area contributed by atoms with Crippen LogP contribution in [0.25, 0.3) is 0 Å². The lowest BCUT2D eigenvalue weighted by Gasteiger charge is -2.26. The van der Waals surface area contributed by atoms with Crippen LogP contribution in [0.15, 0.2) is 0 Å². The standard InChI is InChI=1S/C17H23NO3/c1-8-9(2)11(4)13-12(10(8)3)15(18(20)21)14(16(13)19)17(5,6)7/h14-15H,1-7H3/t14-,15+/m0/s1. The summed E-state index contributed by atoms with van der Waals surface area (Å²) in [6.45, 7) is 13.5. The van der Waals surface area contributed by atoms with Crippen molar-refractivity contribution in [1.82, 2.24) is 0 Å². The third-order valence-corrected chi connectivity index (χ3v) is 5.04. The molecule has 2 atom stereocenters. The SMILES string of the molecule is Cc1c(C)c(C)c2c(c1C)C(=O)[C@@H](C(C)(C)C)[C@@H]2[N+](=O)[O-]. The van der Waals surface area contributed by atoms with E-state index in [2.05, 4.69) is 0 Å². The van der Waals surface area contributed by atoms with Crippen LogP contribution < -0.4 is 0 Å². The molecule has 0 aromatic heterocycles. The molecule has 4 heteroatoms. The zero-order valence-corrected chi connectivity index (χ0v) is 13.8. The molecule has 4 nitrogen and oxygen atoms in total. The predicted octanol–water partition coefficient (Wildman–Crippen LogP) is 4.10. The topological polar surface area (TPSA) is 60.2 Å². The van der Waals surface area contributed by atoms with Crippen molar-refractivity contribution in [3.05, 3.63) is 43.5 Å². The molecule has 1 aromatic rings. The summed E-state index contributed by atoms with van der Waals surface area (Å²) in [7, 11) is 0. The second kappa shape index (κ2) is 4.65. The number of hydrogen-bond donors (Lipinski definition) is 0. The highest BCUT2D eigenvalue weighted by Gasteiger charge is 2.54. The molecule has 1 aliphatic carbocycles. The van der Waals surface area contributed by atoms with Gasteiger partial charge < -0.3 is 0 Å². The van der Waals surface area contributed by atoms with Gasteiger partial charge in [0.05, 0.1) is 5.92 Å². The maximum absolute atomic E-state index is 12.9. The minimum atomic E-state index is -0.925. The number of hydrogen-bond acceptors (Lipinski definition) is 3. The lowest BCUT2D eigenvalue weighted by molar-refractivity contribution is -0.537. The van der Waals surface area contributed by atoms with Crippen LogP contribution in [0.2, 0.25) is 0 Å². The van der Waals surface area contributed by atoms with Crippen molar-refractivity contribution < 1.29 is 9.72 Å². The van der Waals surface area contributed by atoms with Gasteiger partial charge in [0.2, 0.25) is 6.04 Å². The number of Topliss-reactive ketones (excluding diaryl/α,β-unsaturated/α-hetero) is 1. The van der Waals surface area contributed by atoms with Crippen LogP contribution in [-0.2, 0) is 0 Å². The van der Waals surface area contributed by atoms with Gasteiger partial charge in [-0.25, -0.2) is 0 Å². The first-order valence-electron chi connectivity index (χ1n) is 7.28. The Hall–Kier alpha value is -1.71. The Labute approximate surface area is 125 Å². The van der Waals surface area contributed by atoms with Crippen LogP contribution in [0, 0.1) is 49.1 Å². The maximum Gasteiger partial charge on any atom is 0.249 e. The molecule has 0 saturated carbocycles. The van der Waals surface area contributed by atoms with Gasteiger partial charge in [-0.15, -0.1) is 0 Å². The lowest BCUT2D eigenvalue weighted by Crippen LogP contribution is -2.32. The summed E-state index contributed by atoms with van der Waals surface area (Å²) in [6.07, 6.45) is 0. The van der Waals surface area contributed by atoms with Gasteiger partial charge in [-0.2, -0.15) is 0 Å². The average Bonchev–Trinajstić information content (AvgIpc) is 2.67. The molecule has 0 heterocycles. The number of fused-ring (bicyclic) bond motifs is 1. The van der Waals surface area contributed by atoms with Gasteiger partial charge in [0.1, 0.15) is 0 Å². The number of rotatable bonds is 1. The number of benzene rings is 1. The largest absolute Gasteiger partial charge is 0.294 e. The summed E-state index contributed by atoms with van der Waals surface area (Å²) in [4.78, 5) is 24.3. The first kappa shape index (κ1) is 15.7. The summed E-state index contributed by atoms with van der Waals surface area (Å²) >= 11 is 0. The molecular weight excluding hydrogens is 266 g/mol. The molecular formula is C17H23NO3. The molecule has 1 aromatic carbocycles. The normalized spacial score (nSPS) is 21.6. The van der Waals surface area contributed by atoms with Crippen LogP contribution in [0.3, 0.4) is 0 Å². The van der Waals surface area contributed by atoms with Crippen LogP contribution in [-0.4, -0.2) is 10.7 Å². The first-order valence-corrected chi connectivity index (χ1v) is 7.28. The molecule has 1 aliphatic rings. The lowest BCUT2D eigenvalue weighted by atomic mass is 9.76. The highest BCUT2D eigenvalue weighted by atomic mass is 16.6. The molecule has 0 N–H and O–H groups in total. The van der Waals surface area contributed by atoms with E-state index >= 15 is 0 Å². The van der Waals surface area contributed by atoms with Crippen LogP contribution in [0.5, 0.6) is 0 Å². The fourth-order valence-electron chi connectivity index (χ4n) is 3.59. The van der Waals surface area contributed by atoms with Crippen LogP contribution in [0.1, 0.15) is 65.0 Å². The molecule has 0 amide bonds. The van der Waals surface area contributed by atoms with Crippen LogP contribution >= 0.6 is 0 Å². The Morgan fingerprint density at radius 3 is 1.86 bits per heavy atom. The molecule has 114 valence electrons. The summed E-state index contributed by atoms with van der Waals surface area (Å²) < 4.78 is 0. The van der Waals surface area contributed by atoms with Crippen molar-refractivity contribution >= 4 is 5.78 Å². The predicted molar refractivity (Wildman–Crippen MR) is 82.4 cm³/mol. The number of carbonyl (C=O) groups is 1. The molecule has 0 bridgehead atoms. The van der Waals surface area contributed by atoms with Crippen molar-refractivity contribution in [2.24, 2.45) is 11.3 Å². The average molecular weight is 289 g/mol. The zero-order valence-electron chi connectivity index (χ0n) is 13.8. The molecule has 0 spiro atoms. The van der Waals surface area contributed by atoms with Gasteiger partial charge >= 0.3 is 0 Å². The third-order valence-electron chi connectivity index (χ3n) is 5.04. The fraction of sp³-hybridized carbons (Fsp3) is 0.588. The summed E-state index contributed by atoms with van der Waals surface area (Å²) in [5.74, 6) is -0.663. The Bertz CT molecular complexity index is 653. The first-order chi connectivity index (χ1) is 9.50. The van der Waals surface area contributed by atoms with Gasteiger partial charge in [0, 0.05) is 16.1 Å². The second-order valence-electron chi connectivity index (χ2n) is 7.23. The van der Waals surface area contributed by atoms with Gasteiger partial charge in [-0.3, -0.25) is 14.9 Å². The van der Waals surface area contributed by atoms with Gasteiger partial charge in [0.25, 0.3) is 0 Å². The van der Waals surface area contributed by atoms with E-state index in [9.17, 15) is 14.9 Å².